The van der Waals surface area contributed by atoms with E-state index in [-0.39, 0.29) is 5.91 Å². The first-order chi connectivity index (χ1) is 17.2. The Bertz CT molecular complexity index is 1220. The molecule has 0 saturated heterocycles. The van der Waals surface area contributed by atoms with Crippen molar-refractivity contribution in [2.75, 3.05) is 5.32 Å². The van der Waals surface area contributed by atoms with Gasteiger partial charge < -0.3 is 10.1 Å². The maximum absolute atomic E-state index is 14.0. The smallest absolute Gasteiger partial charge is 0.245 e. The second-order valence-corrected chi connectivity index (χ2v) is 8.80. The SMILES string of the molecule is O=C1Nc2cc(F)ccc2O[C@@H](Cc2ccccc2)[C@H]1N(Cc1ccccc1)Cc1ccccc1. The van der Waals surface area contributed by atoms with Gasteiger partial charge in [-0.1, -0.05) is 91.0 Å². The summed E-state index contributed by atoms with van der Waals surface area (Å²) in [6.45, 7) is 1.13. The normalized spacial score (nSPS) is 17.3. The highest BCUT2D eigenvalue weighted by Crippen LogP contribution is 2.33. The molecule has 0 unspecified atom stereocenters. The summed E-state index contributed by atoms with van der Waals surface area (Å²) >= 11 is 0. The summed E-state index contributed by atoms with van der Waals surface area (Å²) in [7, 11) is 0. The molecule has 0 aliphatic carbocycles. The summed E-state index contributed by atoms with van der Waals surface area (Å²) in [5.41, 5.74) is 3.63. The third kappa shape index (κ3) is 5.58. The minimum Gasteiger partial charge on any atom is -0.486 e. The van der Waals surface area contributed by atoms with Gasteiger partial charge in [-0.3, -0.25) is 9.69 Å². The standard InChI is InChI=1S/C30H27FN2O2/c31-25-16-17-27-26(19-25)32-30(34)29(28(35-27)18-22-10-4-1-5-11-22)33(20-23-12-6-2-7-13-23)21-24-14-8-3-9-15-24/h1-17,19,28-29H,18,20-21H2,(H,32,34)/t28-,29+/m0/s1. The van der Waals surface area contributed by atoms with E-state index in [2.05, 4.69) is 34.5 Å². The summed E-state index contributed by atoms with van der Waals surface area (Å²) < 4.78 is 20.5. The van der Waals surface area contributed by atoms with Crippen LogP contribution in [-0.2, 0) is 24.3 Å². The third-order valence-corrected chi connectivity index (χ3v) is 6.23. The molecule has 35 heavy (non-hydrogen) atoms. The fourth-order valence-corrected chi connectivity index (χ4v) is 4.59. The fraction of sp³-hybridized carbons (Fsp3) is 0.167. The molecule has 5 rings (SSSR count). The van der Waals surface area contributed by atoms with E-state index in [9.17, 15) is 9.18 Å². The predicted octanol–water partition coefficient (Wildman–Crippen LogP) is 5.84. The van der Waals surface area contributed by atoms with Gasteiger partial charge in [-0.15, -0.1) is 0 Å². The second kappa shape index (κ2) is 10.5. The Balaban J connectivity index is 1.55. The Morgan fingerprint density at radius 2 is 1.29 bits per heavy atom. The second-order valence-electron chi connectivity index (χ2n) is 8.80. The van der Waals surface area contributed by atoms with E-state index in [1.54, 1.807) is 6.07 Å². The van der Waals surface area contributed by atoms with E-state index < -0.39 is 18.0 Å². The van der Waals surface area contributed by atoms with Crippen molar-refractivity contribution >= 4 is 11.6 Å². The van der Waals surface area contributed by atoms with Crippen molar-refractivity contribution in [3.8, 4) is 5.75 Å². The van der Waals surface area contributed by atoms with Crippen LogP contribution in [0, 0.1) is 5.82 Å². The van der Waals surface area contributed by atoms with Crippen molar-refractivity contribution in [2.45, 2.75) is 31.7 Å². The zero-order valence-electron chi connectivity index (χ0n) is 19.3. The summed E-state index contributed by atoms with van der Waals surface area (Å²) in [5, 5.41) is 2.94. The van der Waals surface area contributed by atoms with Crippen LogP contribution in [0.25, 0.3) is 0 Å². The van der Waals surface area contributed by atoms with Gasteiger partial charge in [-0.05, 0) is 28.8 Å². The van der Waals surface area contributed by atoms with Gasteiger partial charge >= 0.3 is 0 Å². The van der Waals surface area contributed by atoms with Crippen LogP contribution in [0.15, 0.2) is 109 Å². The molecule has 4 nitrogen and oxygen atoms in total. The molecule has 4 aromatic carbocycles. The monoisotopic (exact) mass is 466 g/mol. The van der Waals surface area contributed by atoms with Crippen molar-refractivity contribution in [1.29, 1.82) is 0 Å². The number of amides is 1. The molecule has 176 valence electrons. The summed E-state index contributed by atoms with van der Waals surface area (Å²) in [6.07, 6.45) is 0.0621. The largest absolute Gasteiger partial charge is 0.486 e. The van der Waals surface area contributed by atoms with Crippen LogP contribution < -0.4 is 10.1 Å². The van der Waals surface area contributed by atoms with Gasteiger partial charge in [0.05, 0.1) is 5.69 Å². The molecule has 0 fully saturated rings. The number of carbonyl (C=O) groups is 1. The quantitative estimate of drug-likeness (QED) is 0.372. The Morgan fingerprint density at radius 1 is 0.743 bits per heavy atom. The zero-order valence-corrected chi connectivity index (χ0v) is 19.3. The van der Waals surface area contributed by atoms with Crippen LogP contribution in [0.2, 0.25) is 0 Å². The summed E-state index contributed by atoms with van der Waals surface area (Å²) in [4.78, 5) is 15.9. The predicted molar refractivity (Wildman–Crippen MR) is 136 cm³/mol. The van der Waals surface area contributed by atoms with Gasteiger partial charge in [-0.2, -0.15) is 0 Å². The lowest BCUT2D eigenvalue weighted by Crippen LogP contribution is -2.52. The molecule has 0 radical (unpaired) electrons. The number of nitrogens with zero attached hydrogens (tertiary/aromatic N) is 1. The van der Waals surface area contributed by atoms with Gasteiger partial charge in [0.15, 0.2) is 0 Å². The number of anilines is 1. The van der Waals surface area contributed by atoms with E-state index in [0.29, 0.717) is 30.9 Å². The maximum atomic E-state index is 14.0. The molecule has 0 bridgehead atoms. The number of benzene rings is 4. The van der Waals surface area contributed by atoms with E-state index in [4.69, 9.17) is 4.74 Å². The minimum atomic E-state index is -0.605. The molecule has 1 amide bonds. The molecule has 1 N–H and O–H groups in total. The number of hydrogen-bond acceptors (Lipinski definition) is 3. The van der Waals surface area contributed by atoms with E-state index >= 15 is 0 Å². The van der Waals surface area contributed by atoms with Crippen molar-refractivity contribution < 1.29 is 13.9 Å². The maximum Gasteiger partial charge on any atom is 0.245 e. The van der Waals surface area contributed by atoms with Gasteiger partial charge in [0, 0.05) is 25.6 Å². The first-order valence-corrected chi connectivity index (χ1v) is 11.8. The van der Waals surface area contributed by atoms with Crippen molar-refractivity contribution in [1.82, 2.24) is 4.90 Å². The van der Waals surface area contributed by atoms with Crippen LogP contribution in [-0.4, -0.2) is 23.0 Å². The van der Waals surface area contributed by atoms with Gasteiger partial charge in [0.25, 0.3) is 0 Å². The zero-order chi connectivity index (χ0) is 24.0. The van der Waals surface area contributed by atoms with Crippen molar-refractivity contribution in [3.05, 3.63) is 132 Å². The number of halogens is 1. The number of hydrogen-bond donors (Lipinski definition) is 1. The van der Waals surface area contributed by atoms with E-state index in [1.165, 1.54) is 12.1 Å². The topological polar surface area (TPSA) is 41.6 Å². The van der Waals surface area contributed by atoms with E-state index in [0.717, 1.165) is 16.7 Å². The average Bonchev–Trinajstić information content (AvgIpc) is 3.00. The first-order valence-electron chi connectivity index (χ1n) is 11.8. The molecule has 0 saturated carbocycles. The Morgan fingerprint density at radius 3 is 1.86 bits per heavy atom. The molecule has 0 spiro atoms. The number of carbonyl (C=O) groups excluding carboxylic acids is 1. The highest BCUT2D eigenvalue weighted by molar-refractivity contribution is 5.97. The minimum absolute atomic E-state index is 0.206. The van der Waals surface area contributed by atoms with Gasteiger partial charge in [-0.25, -0.2) is 4.39 Å². The molecule has 5 heteroatoms. The Labute approximate surface area is 205 Å². The highest BCUT2D eigenvalue weighted by atomic mass is 19.1. The van der Waals surface area contributed by atoms with Crippen LogP contribution in [0.5, 0.6) is 5.75 Å². The molecule has 1 aliphatic rings. The number of ether oxygens (including phenoxy) is 1. The number of fused-ring (bicyclic) bond motifs is 1. The van der Waals surface area contributed by atoms with Crippen LogP contribution in [0.1, 0.15) is 16.7 Å². The number of nitrogens with one attached hydrogen (secondary N) is 1. The van der Waals surface area contributed by atoms with Crippen LogP contribution in [0.3, 0.4) is 0 Å². The molecule has 2 atom stereocenters. The van der Waals surface area contributed by atoms with Crippen LogP contribution in [0.4, 0.5) is 10.1 Å². The van der Waals surface area contributed by atoms with Crippen molar-refractivity contribution in [2.24, 2.45) is 0 Å². The third-order valence-electron chi connectivity index (χ3n) is 6.23. The molecule has 0 aromatic heterocycles. The van der Waals surface area contributed by atoms with Crippen LogP contribution >= 0.6 is 0 Å². The first kappa shape index (κ1) is 22.8. The lowest BCUT2D eigenvalue weighted by molar-refractivity contribution is -0.124. The average molecular weight is 467 g/mol. The van der Waals surface area contributed by atoms with Gasteiger partial charge in [0.1, 0.15) is 23.7 Å². The Hall–Kier alpha value is -3.96. The number of rotatable bonds is 7. The highest BCUT2D eigenvalue weighted by Gasteiger charge is 2.38. The fourth-order valence-electron chi connectivity index (χ4n) is 4.59. The van der Waals surface area contributed by atoms with Crippen molar-refractivity contribution in [3.63, 3.8) is 0 Å². The lowest BCUT2D eigenvalue weighted by atomic mass is 9.98. The molecule has 1 heterocycles. The lowest BCUT2D eigenvalue weighted by Gasteiger charge is -2.34. The molecule has 1 aliphatic heterocycles. The molecular weight excluding hydrogens is 439 g/mol. The summed E-state index contributed by atoms with van der Waals surface area (Å²) in [5.74, 6) is -0.152. The van der Waals surface area contributed by atoms with Gasteiger partial charge in [0.2, 0.25) is 5.91 Å². The molecule has 4 aromatic rings. The summed E-state index contributed by atoms with van der Waals surface area (Å²) in [6, 6.07) is 33.9. The van der Waals surface area contributed by atoms with E-state index in [1.807, 2.05) is 66.7 Å². The molecular formula is C30H27FN2O2. The Kier molecular flexibility index (Phi) is 6.87.